The minimum absolute atomic E-state index is 0.0408. The quantitative estimate of drug-likeness (QED) is 0.172. The van der Waals surface area contributed by atoms with Crippen LogP contribution in [0, 0.1) is 23.7 Å². The number of fused-ring (bicyclic) bond motifs is 4. The minimum atomic E-state index is -1.37. The molecule has 268 valence electrons. The lowest BCUT2D eigenvalue weighted by Crippen LogP contribution is -2.53. The van der Waals surface area contributed by atoms with Gasteiger partial charge in [0.15, 0.2) is 0 Å². The maximum Gasteiger partial charge on any atom is 0.246 e. The standard InChI is InChI=1S/C44H40ClN3O5/c45-30-14-8-15-32(24-30)48-41(51)37-25-36-34(39(28-11-7-16-33(49)23-28)44(37,43(48)53)29-12-5-2-6-13-29)17-18-35-38(36)42(52)47(40(35)50)31-19-21-46(22-20-31)26-27-9-3-1-4-10-27/h1-17,23-24,31,35-39,49H,18-22,25-26H2/t35-,36+,37-,38-,39-,44+/m0/s1. The van der Waals surface area contributed by atoms with Gasteiger partial charge in [0.25, 0.3) is 0 Å². The molecule has 0 radical (unpaired) electrons. The van der Waals surface area contributed by atoms with Gasteiger partial charge < -0.3 is 5.11 Å². The Labute approximate surface area is 313 Å². The SMILES string of the molecule is O=C1[C@@H]2C[C@@H]3C(=CC[C@@H]4C(=O)N(C5CCN(Cc6ccccc6)CC5)C(=O)[C@@H]43)[C@H](c3cccc(O)c3)[C@]2(c2ccccc2)C(=O)N1c1cccc(Cl)c1. The first-order valence-corrected chi connectivity index (χ1v) is 19.0. The van der Waals surface area contributed by atoms with Gasteiger partial charge in [0.1, 0.15) is 5.75 Å². The number of allylic oxidation sites excluding steroid dienone is 2. The van der Waals surface area contributed by atoms with Crippen molar-refractivity contribution in [3.05, 3.63) is 143 Å². The molecule has 4 fully saturated rings. The van der Waals surface area contributed by atoms with E-state index in [2.05, 4.69) is 23.1 Å². The zero-order valence-electron chi connectivity index (χ0n) is 29.2. The molecule has 0 bridgehead atoms. The third-order valence-corrected chi connectivity index (χ3v) is 12.8. The maximum atomic E-state index is 15.3. The van der Waals surface area contributed by atoms with Gasteiger partial charge >= 0.3 is 0 Å². The molecule has 4 amide bonds. The highest BCUT2D eigenvalue weighted by Crippen LogP contribution is 2.64. The summed E-state index contributed by atoms with van der Waals surface area (Å²) >= 11 is 6.41. The molecule has 0 unspecified atom stereocenters. The Morgan fingerprint density at radius 3 is 2.19 bits per heavy atom. The molecule has 1 saturated carbocycles. The van der Waals surface area contributed by atoms with Crippen LogP contribution < -0.4 is 4.90 Å². The van der Waals surface area contributed by atoms with E-state index in [9.17, 15) is 19.5 Å². The van der Waals surface area contributed by atoms with Crippen LogP contribution in [0.3, 0.4) is 0 Å². The number of rotatable bonds is 6. The summed E-state index contributed by atoms with van der Waals surface area (Å²) in [6.07, 6.45) is 4.10. The van der Waals surface area contributed by atoms with Gasteiger partial charge in [0.2, 0.25) is 23.6 Å². The maximum absolute atomic E-state index is 15.3. The Balaban J connectivity index is 1.11. The van der Waals surface area contributed by atoms with E-state index < -0.39 is 35.0 Å². The number of halogens is 1. The number of hydrogen-bond acceptors (Lipinski definition) is 6. The van der Waals surface area contributed by atoms with E-state index in [1.165, 1.54) is 10.5 Å². The molecule has 4 aromatic rings. The molecule has 5 aliphatic rings. The summed E-state index contributed by atoms with van der Waals surface area (Å²) in [5, 5.41) is 11.2. The van der Waals surface area contributed by atoms with E-state index >= 15 is 4.79 Å². The number of carbonyl (C=O) groups is 4. The van der Waals surface area contributed by atoms with Crippen LogP contribution in [0.15, 0.2) is 121 Å². The van der Waals surface area contributed by atoms with Crippen molar-refractivity contribution in [3.8, 4) is 5.75 Å². The fourth-order valence-corrected chi connectivity index (χ4v) is 10.6. The molecule has 3 heterocycles. The average molecular weight is 726 g/mol. The van der Waals surface area contributed by atoms with Crippen molar-refractivity contribution in [2.75, 3.05) is 18.0 Å². The molecule has 6 atom stereocenters. The molecule has 3 aliphatic heterocycles. The number of hydrogen-bond donors (Lipinski definition) is 1. The largest absolute Gasteiger partial charge is 0.508 e. The van der Waals surface area contributed by atoms with Crippen LogP contribution in [0.5, 0.6) is 5.75 Å². The van der Waals surface area contributed by atoms with Crippen molar-refractivity contribution >= 4 is 40.9 Å². The van der Waals surface area contributed by atoms with Gasteiger partial charge in [0.05, 0.1) is 28.9 Å². The number of phenols is 1. The topological polar surface area (TPSA) is 98.2 Å². The lowest BCUT2D eigenvalue weighted by atomic mass is 9.49. The number of benzene rings is 4. The normalized spacial score (nSPS) is 28.8. The van der Waals surface area contributed by atoms with E-state index in [-0.39, 0.29) is 41.8 Å². The first-order valence-electron chi connectivity index (χ1n) is 18.6. The van der Waals surface area contributed by atoms with E-state index in [0.29, 0.717) is 41.1 Å². The molecular formula is C44H40ClN3O5. The van der Waals surface area contributed by atoms with Gasteiger partial charge in [-0.3, -0.25) is 29.0 Å². The van der Waals surface area contributed by atoms with Crippen LogP contribution in [-0.2, 0) is 31.1 Å². The molecule has 9 rings (SSSR count). The highest BCUT2D eigenvalue weighted by atomic mass is 35.5. The van der Waals surface area contributed by atoms with E-state index in [1.807, 2.05) is 54.6 Å². The Morgan fingerprint density at radius 1 is 0.755 bits per heavy atom. The third kappa shape index (κ3) is 5.29. The number of carbonyl (C=O) groups excluding carboxylic acids is 4. The second-order valence-electron chi connectivity index (χ2n) is 15.2. The van der Waals surface area contributed by atoms with Gasteiger partial charge in [0, 0.05) is 36.6 Å². The van der Waals surface area contributed by atoms with Crippen molar-refractivity contribution < 1.29 is 24.3 Å². The van der Waals surface area contributed by atoms with Crippen LogP contribution in [0.2, 0.25) is 5.02 Å². The first-order chi connectivity index (χ1) is 25.8. The summed E-state index contributed by atoms with van der Waals surface area (Å²) in [5.41, 5.74) is 2.51. The fraction of sp³-hybridized carbons (Fsp3) is 0.318. The second-order valence-corrected chi connectivity index (χ2v) is 15.7. The summed E-state index contributed by atoms with van der Waals surface area (Å²) < 4.78 is 0. The molecule has 0 aromatic heterocycles. The van der Waals surface area contributed by atoms with Gasteiger partial charge in [-0.1, -0.05) is 102 Å². The molecule has 8 nitrogen and oxygen atoms in total. The van der Waals surface area contributed by atoms with Crippen molar-refractivity contribution in [2.45, 2.75) is 49.6 Å². The minimum Gasteiger partial charge on any atom is -0.508 e. The first kappa shape index (κ1) is 33.8. The molecule has 2 aliphatic carbocycles. The van der Waals surface area contributed by atoms with Crippen LogP contribution in [-0.4, -0.2) is 57.7 Å². The Hall–Kier alpha value is -5.05. The second kappa shape index (κ2) is 13.1. The van der Waals surface area contributed by atoms with Crippen LogP contribution in [0.25, 0.3) is 0 Å². The molecular weight excluding hydrogens is 686 g/mol. The predicted molar refractivity (Wildman–Crippen MR) is 201 cm³/mol. The van der Waals surface area contributed by atoms with E-state index in [0.717, 1.165) is 25.2 Å². The lowest BCUT2D eigenvalue weighted by Gasteiger charge is -2.50. The molecule has 3 saturated heterocycles. The molecule has 53 heavy (non-hydrogen) atoms. The number of phenolic OH excluding ortho intramolecular Hbond substituents is 1. The Kier molecular flexibility index (Phi) is 8.35. The number of imide groups is 2. The highest BCUT2D eigenvalue weighted by molar-refractivity contribution is 6.32. The van der Waals surface area contributed by atoms with Gasteiger partial charge in [-0.25, -0.2) is 4.90 Å². The Morgan fingerprint density at radius 2 is 1.47 bits per heavy atom. The summed E-state index contributed by atoms with van der Waals surface area (Å²) in [7, 11) is 0. The van der Waals surface area contributed by atoms with Crippen molar-refractivity contribution in [2.24, 2.45) is 23.7 Å². The smallest absolute Gasteiger partial charge is 0.246 e. The van der Waals surface area contributed by atoms with Crippen LogP contribution in [0.4, 0.5) is 5.69 Å². The fourth-order valence-electron chi connectivity index (χ4n) is 10.4. The average Bonchev–Trinajstić information content (AvgIpc) is 3.56. The molecule has 9 heteroatoms. The molecule has 0 spiro atoms. The monoisotopic (exact) mass is 725 g/mol. The molecule has 4 aromatic carbocycles. The number of anilines is 1. The van der Waals surface area contributed by atoms with E-state index in [4.69, 9.17) is 11.6 Å². The summed E-state index contributed by atoms with van der Waals surface area (Å²) in [6.45, 7) is 2.40. The summed E-state index contributed by atoms with van der Waals surface area (Å²) in [4.78, 5) is 64.4. The molecule has 1 N–H and O–H groups in total. The lowest BCUT2D eigenvalue weighted by molar-refractivity contribution is -0.144. The summed E-state index contributed by atoms with van der Waals surface area (Å²) in [5.74, 6) is -4.10. The van der Waals surface area contributed by atoms with Crippen LogP contribution in [0.1, 0.15) is 48.3 Å². The van der Waals surface area contributed by atoms with Crippen molar-refractivity contribution in [1.29, 1.82) is 0 Å². The number of piperidine rings is 1. The number of aromatic hydroxyl groups is 1. The number of amides is 4. The predicted octanol–water partition coefficient (Wildman–Crippen LogP) is 6.87. The zero-order chi connectivity index (χ0) is 36.4. The number of nitrogens with zero attached hydrogens (tertiary/aromatic N) is 3. The van der Waals surface area contributed by atoms with Crippen LogP contribution >= 0.6 is 11.6 Å². The van der Waals surface area contributed by atoms with Gasteiger partial charge in [-0.05, 0) is 78.6 Å². The van der Waals surface area contributed by atoms with Crippen molar-refractivity contribution in [3.63, 3.8) is 0 Å². The van der Waals surface area contributed by atoms with E-state index in [1.54, 1.807) is 47.4 Å². The van der Waals surface area contributed by atoms with Gasteiger partial charge in [-0.2, -0.15) is 0 Å². The summed E-state index contributed by atoms with van der Waals surface area (Å²) in [6, 6.07) is 33.2. The van der Waals surface area contributed by atoms with Gasteiger partial charge in [-0.15, -0.1) is 0 Å². The third-order valence-electron chi connectivity index (χ3n) is 12.6. The zero-order valence-corrected chi connectivity index (χ0v) is 29.9. The Bertz CT molecular complexity index is 2150. The highest BCUT2D eigenvalue weighted by Gasteiger charge is 2.70. The number of likely N-dealkylation sites (tertiary alicyclic amines) is 2. The van der Waals surface area contributed by atoms with Crippen molar-refractivity contribution in [1.82, 2.24) is 9.80 Å².